The average Bonchev–Trinajstić information content (AvgIpc) is 2.15. The second-order valence-electron chi connectivity index (χ2n) is 2.13. The van der Waals surface area contributed by atoms with E-state index in [0.29, 0.717) is 0 Å². The molecular weight excluding hydrogens is 254 g/mol. The van der Waals surface area contributed by atoms with Gasteiger partial charge in [-0.25, -0.2) is 0 Å². The Morgan fingerprint density at radius 2 is 2.31 bits per heavy atom. The monoisotopic (exact) mass is 259 g/mol. The summed E-state index contributed by atoms with van der Waals surface area (Å²) >= 11 is 4.54. The Morgan fingerprint density at radius 3 is 2.92 bits per heavy atom. The van der Waals surface area contributed by atoms with Gasteiger partial charge in [-0.15, -0.1) is 0 Å². The Balaban J connectivity index is 2.85. The standard InChI is InChI=1S/C8H6BrNO2S/c9-4-5-13-8-3-1-2-7(6-8)10(11)12/h1-6H. The number of hydrogen-bond donors (Lipinski definition) is 0. The first kappa shape index (κ1) is 10.3. The van der Waals surface area contributed by atoms with Crippen LogP contribution in [0.5, 0.6) is 0 Å². The molecular formula is C8H6BrNO2S. The van der Waals surface area contributed by atoms with E-state index in [1.54, 1.807) is 16.5 Å². The van der Waals surface area contributed by atoms with E-state index in [1.165, 1.54) is 23.9 Å². The fraction of sp³-hybridized carbons (Fsp3) is 0. The maximum Gasteiger partial charge on any atom is 0.270 e. The van der Waals surface area contributed by atoms with E-state index >= 15 is 0 Å². The van der Waals surface area contributed by atoms with Crippen molar-refractivity contribution >= 4 is 33.4 Å². The second kappa shape index (κ2) is 5.04. The number of nitro benzene ring substituents is 1. The zero-order valence-corrected chi connectivity index (χ0v) is 8.92. The van der Waals surface area contributed by atoms with Gasteiger partial charge in [0.2, 0.25) is 0 Å². The van der Waals surface area contributed by atoms with Gasteiger partial charge >= 0.3 is 0 Å². The molecule has 0 aliphatic heterocycles. The minimum absolute atomic E-state index is 0.118. The molecule has 0 saturated carbocycles. The predicted octanol–water partition coefficient (Wildman–Crippen LogP) is 3.55. The molecule has 3 nitrogen and oxygen atoms in total. The topological polar surface area (TPSA) is 43.1 Å². The smallest absolute Gasteiger partial charge is 0.258 e. The Kier molecular flexibility index (Phi) is 3.98. The number of nitrogens with zero attached hydrogens (tertiary/aromatic N) is 1. The van der Waals surface area contributed by atoms with Crippen LogP contribution in [0, 0.1) is 10.1 Å². The quantitative estimate of drug-likeness (QED) is 0.474. The summed E-state index contributed by atoms with van der Waals surface area (Å²) in [5.41, 5.74) is 0.118. The molecule has 0 atom stereocenters. The molecule has 0 unspecified atom stereocenters. The lowest BCUT2D eigenvalue weighted by Gasteiger charge is -1.94. The molecule has 0 N–H and O–H groups in total. The molecule has 0 amide bonds. The van der Waals surface area contributed by atoms with Gasteiger partial charge in [-0.3, -0.25) is 10.1 Å². The van der Waals surface area contributed by atoms with Crippen molar-refractivity contribution in [1.29, 1.82) is 0 Å². The van der Waals surface area contributed by atoms with E-state index in [9.17, 15) is 10.1 Å². The molecule has 0 aliphatic carbocycles. The van der Waals surface area contributed by atoms with Gasteiger partial charge in [0.15, 0.2) is 0 Å². The first-order valence-corrected chi connectivity index (χ1v) is 5.20. The van der Waals surface area contributed by atoms with Gasteiger partial charge in [-0.1, -0.05) is 33.8 Å². The first-order chi connectivity index (χ1) is 6.24. The molecule has 0 heterocycles. The van der Waals surface area contributed by atoms with Crippen LogP contribution in [0.3, 0.4) is 0 Å². The van der Waals surface area contributed by atoms with E-state index < -0.39 is 4.92 Å². The zero-order valence-electron chi connectivity index (χ0n) is 6.51. The lowest BCUT2D eigenvalue weighted by Crippen LogP contribution is -1.86. The van der Waals surface area contributed by atoms with E-state index in [2.05, 4.69) is 15.9 Å². The van der Waals surface area contributed by atoms with Crippen LogP contribution in [0.4, 0.5) is 5.69 Å². The molecule has 0 fully saturated rings. The van der Waals surface area contributed by atoms with Crippen LogP contribution < -0.4 is 0 Å². The first-order valence-electron chi connectivity index (χ1n) is 3.40. The number of hydrogen-bond acceptors (Lipinski definition) is 3. The molecule has 13 heavy (non-hydrogen) atoms. The number of thioether (sulfide) groups is 1. The van der Waals surface area contributed by atoms with Crippen LogP contribution >= 0.6 is 27.7 Å². The van der Waals surface area contributed by atoms with Crippen LogP contribution in [0.1, 0.15) is 0 Å². The molecule has 0 radical (unpaired) electrons. The summed E-state index contributed by atoms with van der Waals surface area (Å²) in [7, 11) is 0. The molecule has 0 aromatic heterocycles. The Labute approximate surface area is 88.1 Å². The fourth-order valence-electron chi connectivity index (χ4n) is 0.775. The third-order valence-electron chi connectivity index (χ3n) is 1.28. The lowest BCUT2D eigenvalue weighted by atomic mass is 10.3. The van der Waals surface area contributed by atoms with Crippen LogP contribution in [0.15, 0.2) is 39.6 Å². The summed E-state index contributed by atoms with van der Waals surface area (Å²) < 4.78 is 0. The second-order valence-corrected chi connectivity index (χ2v) is 3.64. The number of halogens is 1. The highest BCUT2D eigenvalue weighted by molar-refractivity contribution is 9.11. The van der Waals surface area contributed by atoms with Crippen molar-refractivity contribution in [2.45, 2.75) is 4.90 Å². The molecule has 68 valence electrons. The number of benzene rings is 1. The largest absolute Gasteiger partial charge is 0.270 e. The molecule has 5 heteroatoms. The van der Waals surface area contributed by atoms with E-state index in [-0.39, 0.29) is 5.69 Å². The fourth-order valence-corrected chi connectivity index (χ4v) is 1.65. The van der Waals surface area contributed by atoms with Crippen LogP contribution in [0.2, 0.25) is 0 Å². The molecule has 0 aliphatic rings. The Hall–Kier alpha value is -0.810. The normalized spacial score (nSPS) is 10.5. The lowest BCUT2D eigenvalue weighted by molar-refractivity contribution is -0.385. The molecule has 1 rings (SSSR count). The SMILES string of the molecule is O=[N+]([O-])c1cccc(SC=CBr)c1. The van der Waals surface area contributed by atoms with Crippen molar-refractivity contribution in [2.75, 3.05) is 0 Å². The van der Waals surface area contributed by atoms with Gasteiger partial charge in [-0.2, -0.15) is 0 Å². The summed E-state index contributed by atoms with van der Waals surface area (Å²) in [6.45, 7) is 0. The van der Waals surface area contributed by atoms with Gasteiger partial charge < -0.3 is 0 Å². The van der Waals surface area contributed by atoms with Crippen molar-refractivity contribution in [3.8, 4) is 0 Å². The maximum atomic E-state index is 10.4. The molecule has 0 bridgehead atoms. The van der Waals surface area contributed by atoms with Gasteiger partial charge in [0.1, 0.15) is 0 Å². The maximum absolute atomic E-state index is 10.4. The van der Waals surface area contributed by atoms with Crippen LogP contribution in [-0.4, -0.2) is 4.92 Å². The summed E-state index contributed by atoms with van der Waals surface area (Å²) in [4.78, 5) is 12.6. The summed E-state index contributed by atoms with van der Waals surface area (Å²) in [5.74, 6) is 0. The summed E-state index contributed by atoms with van der Waals surface area (Å²) in [5, 5.41) is 12.2. The van der Waals surface area contributed by atoms with Gasteiger partial charge in [-0.05, 0) is 16.5 Å². The summed E-state index contributed by atoms with van der Waals surface area (Å²) in [6.07, 6.45) is 0. The van der Waals surface area contributed by atoms with Crippen LogP contribution in [-0.2, 0) is 0 Å². The third-order valence-corrected chi connectivity index (χ3v) is 2.70. The van der Waals surface area contributed by atoms with Crippen molar-refractivity contribution in [2.24, 2.45) is 0 Å². The molecule has 0 spiro atoms. The highest BCUT2D eigenvalue weighted by Gasteiger charge is 2.04. The Bertz CT molecular complexity index is 341. The van der Waals surface area contributed by atoms with E-state index in [4.69, 9.17) is 0 Å². The van der Waals surface area contributed by atoms with Crippen molar-refractivity contribution in [3.05, 3.63) is 44.8 Å². The molecule has 1 aromatic carbocycles. The Morgan fingerprint density at radius 1 is 1.54 bits per heavy atom. The predicted molar refractivity (Wildman–Crippen MR) is 57.0 cm³/mol. The minimum atomic E-state index is -0.401. The van der Waals surface area contributed by atoms with E-state index in [1.807, 2.05) is 6.07 Å². The highest BCUT2D eigenvalue weighted by Crippen LogP contribution is 2.23. The van der Waals surface area contributed by atoms with Crippen molar-refractivity contribution in [1.82, 2.24) is 0 Å². The zero-order chi connectivity index (χ0) is 9.68. The van der Waals surface area contributed by atoms with Crippen molar-refractivity contribution < 1.29 is 4.92 Å². The van der Waals surface area contributed by atoms with Gasteiger partial charge in [0.25, 0.3) is 5.69 Å². The number of rotatable bonds is 3. The highest BCUT2D eigenvalue weighted by atomic mass is 79.9. The third kappa shape index (κ3) is 3.20. The van der Waals surface area contributed by atoms with Gasteiger partial charge in [0.05, 0.1) is 4.92 Å². The van der Waals surface area contributed by atoms with Gasteiger partial charge in [0, 0.05) is 17.0 Å². The number of nitro groups is 1. The minimum Gasteiger partial charge on any atom is -0.258 e. The van der Waals surface area contributed by atoms with Crippen LogP contribution in [0.25, 0.3) is 0 Å². The molecule has 0 saturated heterocycles. The number of non-ortho nitro benzene ring substituents is 1. The molecule has 1 aromatic rings. The summed E-state index contributed by atoms with van der Waals surface area (Å²) in [6, 6.07) is 6.51. The average molecular weight is 260 g/mol. The van der Waals surface area contributed by atoms with E-state index in [0.717, 1.165) is 4.90 Å². The van der Waals surface area contributed by atoms with Crippen molar-refractivity contribution in [3.63, 3.8) is 0 Å².